The third-order valence-electron chi connectivity index (χ3n) is 3.75. The summed E-state index contributed by atoms with van der Waals surface area (Å²) in [6.45, 7) is 1.82. The molecule has 3 rings (SSSR count). The molecule has 4 atom stereocenters. The van der Waals surface area contributed by atoms with Crippen LogP contribution in [0.15, 0.2) is 11.1 Å². The fourth-order valence-corrected chi connectivity index (χ4v) is 2.93. The van der Waals surface area contributed by atoms with Crippen LogP contribution in [0.2, 0.25) is 0 Å². The van der Waals surface area contributed by atoms with E-state index in [1.165, 1.54) is 18.0 Å². The Morgan fingerprint density at radius 3 is 3.09 bits per heavy atom. The van der Waals surface area contributed by atoms with Crippen LogP contribution in [0.3, 0.4) is 0 Å². The van der Waals surface area contributed by atoms with Crippen molar-refractivity contribution >= 4 is 28.7 Å². The molecular weight excluding hydrogens is 314 g/mol. The first-order valence-corrected chi connectivity index (χ1v) is 6.97. The topological polar surface area (TPSA) is 128 Å². The second-order valence-corrected chi connectivity index (χ2v) is 6.17. The Balaban J connectivity index is 2.09. The van der Waals surface area contributed by atoms with Crippen LogP contribution in [0.5, 0.6) is 0 Å². The van der Waals surface area contributed by atoms with Crippen molar-refractivity contribution in [2.75, 3.05) is 19.5 Å². The standard InChI is InChI=1S/C12H16ClN5O4/c1-12(13)7(19)5(3-21-2)22-10(12)18-4-15-6-8(18)16-11(14)17-9(6)20/h4-5,7,10,19H,3H2,1-2H3,(H3,14,16,17,20)/t5-,7-,10-,12-/m1/s1. The Bertz CT molecular complexity index is 758. The second-order valence-electron chi connectivity index (χ2n) is 5.35. The number of nitrogens with two attached hydrogens (primary N) is 1. The lowest BCUT2D eigenvalue weighted by molar-refractivity contribution is -0.0530. The number of hydrogen-bond acceptors (Lipinski definition) is 7. The van der Waals surface area contributed by atoms with Gasteiger partial charge in [0, 0.05) is 7.11 Å². The highest BCUT2D eigenvalue weighted by atomic mass is 35.5. The van der Waals surface area contributed by atoms with Crippen LogP contribution in [-0.2, 0) is 9.47 Å². The van der Waals surface area contributed by atoms with Crippen molar-refractivity contribution in [2.24, 2.45) is 0 Å². The van der Waals surface area contributed by atoms with Crippen molar-refractivity contribution in [3.05, 3.63) is 16.7 Å². The molecule has 0 unspecified atom stereocenters. The van der Waals surface area contributed by atoms with Crippen molar-refractivity contribution in [3.8, 4) is 0 Å². The van der Waals surface area contributed by atoms with Gasteiger partial charge in [0.15, 0.2) is 17.4 Å². The number of halogens is 1. The molecule has 0 amide bonds. The largest absolute Gasteiger partial charge is 0.388 e. The number of anilines is 1. The predicted octanol–water partition coefficient (Wildman–Crippen LogP) is -0.396. The highest BCUT2D eigenvalue weighted by molar-refractivity contribution is 6.24. The highest BCUT2D eigenvalue weighted by Crippen LogP contribution is 2.43. The van der Waals surface area contributed by atoms with Crippen LogP contribution in [0.4, 0.5) is 5.95 Å². The Morgan fingerprint density at radius 2 is 2.41 bits per heavy atom. The molecule has 0 aliphatic carbocycles. The van der Waals surface area contributed by atoms with Gasteiger partial charge in [-0.3, -0.25) is 14.3 Å². The maximum absolute atomic E-state index is 11.8. The lowest BCUT2D eigenvalue weighted by Gasteiger charge is -2.26. The van der Waals surface area contributed by atoms with Crippen LogP contribution >= 0.6 is 11.6 Å². The van der Waals surface area contributed by atoms with Gasteiger partial charge in [-0.2, -0.15) is 4.98 Å². The maximum Gasteiger partial charge on any atom is 0.280 e. The Kier molecular flexibility index (Phi) is 3.60. The summed E-state index contributed by atoms with van der Waals surface area (Å²) in [5.41, 5.74) is 5.48. The number of methoxy groups -OCH3 is 1. The summed E-state index contributed by atoms with van der Waals surface area (Å²) in [6, 6.07) is 0. The molecule has 3 heterocycles. The molecule has 2 aromatic heterocycles. The van der Waals surface area contributed by atoms with Gasteiger partial charge in [-0.15, -0.1) is 11.6 Å². The van der Waals surface area contributed by atoms with Gasteiger partial charge in [-0.25, -0.2) is 4.98 Å². The van der Waals surface area contributed by atoms with Gasteiger partial charge in [0.1, 0.15) is 17.1 Å². The van der Waals surface area contributed by atoms with E-state index in [9.17, 15) is 9.90 Å². The van der Waals surface area contributed by atoms with E-state index in [2.05, 4.69) is 15.0 Å². The highest BCUT2D eigenvalue weighted by Gasteiger charge is 2.53. The molecule has 120 valence electrons. The maximum atomic E-state index is 11.8. The summed E-state index contributed by atoms with van der Waals surface area (Å²) in [5, 5.41) is 10.3. The van der Waals surface area contributed by atoms with Crippen LogP contribution in [0.1, 0.15) is 13.2 Å². The van der Waals surface area contributed by atoms with E-state index < -0.39 is 28.9 Å². The zero-order valence-corrected chi connectivity index (χ0v) is 12.7. The van der Waals surface area contributed by atoms with Crippen LogP contribution in [-0.4, -0.2) is 55.4 Å². The van der Waals surface area contributed by atoms with Crippen molar-refractivity contribution < 1.29 is 14.6 Å². The van der Waals surface area contributed by atoms with Crippen molar-refractivity contribution in [1.82, 2.24) is 19.5 Å². The van der Waals surface area contributed by atoms with Gasteiger partial charge in [0.25, 0.3) is 5.56 Å². The number of aromatic amines is 1. The van der Waals surface area contributed by atoms with Crippen LogP contribution in [0, 0.1) is 0 Å². The quantitative estimate of drug-likeness (QED) is 0.654. The first-order chi connectivity index (χ1) is 10.4. The lowest BCUT2D eigenvalue weighted by atomic mass is 10.0. The monoisotopic (exact) mass is 329 g/mol. The number of H-pyrrole nitrogens is 1. The van der Waals surface area contributed by atoms with E-state index in [0.717, 1.165) is 0 Å². The summed E-state index contributed by atoms with van der Waals surface area (Å²) >= 11 is 6.46. The summed E-state index contributed by atoms with van der Waals surface area (Å²) in [4.78, 5) is 21.1. The number of nitrogen functional groups attached to an aromatic ring is 1. The molecule has 4 N–H and O–H groups in total. The molecule has 10 heteroatoms. The minimum Gasteiger partial charge on any atom is -0.388 e. The third-order valence-corrected chi connectivity index (χ3v) is 4.16. The SMILES string of the molecule is COC[C@H]1O[C@@H](n2cnc3c(=O)[nH]c(N)nc32)[C@](C)(Cl)[C@@H]1O. The fourth-order valence-electron chi connectivity index (χ4n) is 2.63. The lowest BCUT2D eigenvalue weighted by Crippen LogP contribution is -2.39. The number of fused-ring (bicyclic) bond motifs is 1. The van der Waals surface area contributed by atoms with E-state index in [-0.39, 0.29) is 23.7 Å². The van der Waals surface area contributed by atoms with Crippen molar-refractivity contribution in [3.63, 3.8) is 0 Å². The number of aliphatic hydroxyl groups is 1. The number of nitrogens with zero attached hydrogens (tertiary/aromatic N) is 3. The van der Waals surface area contributed by atoms with Gasteiger partial charge in [-0.05, 0) is 6.92 Å². The molecule has 1 saturated heterocycles. The van der Waals surface area contributed by atoms with Crippen LogP contribution < -0.4 is 11.3 Å². The zero-order valence-electron chi connectivity index (χ0n) is 12.0. The van der Waals surface area contributed by atoms with E-state index in [1.54, 1.807) is 6.92 Å². The summed E-state index contributed by atoms with van der Waals surface area (Å²) in [7, 11) is 1.50. The predicted molar refractivity (Wildman–Crippen MR) is 78.6 cm³/mol. The first kappa shape index (κ1) is 15.2. The molecule has 1 aliphatic heterocycles. The summed E-state index contributed by atoms with van der Waals surface area (Å²) < 4.78 is 12.3. The Morgan fingerprint density at radius 1 is 1.68 bits per heavy atom. The number of aliphatic hydroxyl groups excluding tert-OH is 1. The number of nitrogens with one attached hydrogen (secondary N) is 1. The number of rotatable bonds is 3. The first-order valence-electron chi connectivity index (χ1n) is 6.60. The van der Waals surface area contributed by atoms with Crippen molar-refractivity contribution in [1.29, 1.82) is 0 Å². The van der Waals surface area contributed by atoms with Gasteiger partial charge in [0.2, 0.25) is 5.95 Å². The summed E-state index contributed by atoms with van der Waals surface area (Å²) in [6.07, 6.45) is -0.951. The number of hydrogen-bond donors (Lipinski definition) is 3. The van der Waals surface area contributed by atoms with E-state index in [1.807, 2.05) is 0 Å². The minimum absolute atomic E-state index is 0.0393. The van der Waals surface area contributed by atoms with E-state index >= 15 is 0 Å². The molecular formula is C12H16ClN5O4. The normalized spacial score (nSPS) is 31.9. The van der Waals surface area contributed by atoms with Gasteiger partial charge >= 0.3 is 0 Å². The summed E-state index contributed by atoms with van der Waals surface area (Å²) in [5.74, 6) is -0.0393. The molecule has 0 bridgehead atoms. The number of imidazole rings is 1. The molecule has 1 aliphatic rings. The molecule has 22 heavy (non-hydrogen) atoms. The zero-order chi connectivity index (χ0) is 16.1. The van der Waals surface area contributed by atoms with E-state index in [0.29, 0.717) is 0 Å². The number of alkyl halides is 1. The van der Waals surface area contributed by atoms with Gasteiger partial charge in [-0.1, -0.05) is 0 Å². The van der Waals surface area contributed by atoms with Crippen LogP contribution in [0.25, 0.3) is 11.2 Å². The molecule has 0 spiro atoms. The Hall–Kier alpha value is -1.68. The molecule has 1 fully saturated rings. The average molecular weight is 330 g/mol. The number of aromatic nitrogens is 4. The van der Waals surface area contributed by atoms with Gasteiger partial charge < -0.3 is 20.3 Å². The van der Waals surface area contributed by atoms with E-state index in [4.69, 9.17) is 26.8 Å². The molecule has 0 saturated carbocycles. The van der Waals surface area contributed by atoms with Crippen molar-refractivity contribution in [2.45, 2.75) is 30.2 Å². The molecule has 0 radical (unpaired) electrons. The average Bonchev–Trinajstić information content (AvgIpc) is 2.94. The minimum atomic E-state index is -1.14. The molecule has 0 aromatic carbocycles. The third kappa shape index (κ3) is 2.17. The molecule has 9 nitrogen and oxygen atoms in total. The number of ether oxygens (including phenoxy) is 2. The molecule has 2 aromatic rings. The van der Waals surface area contributed by atoms with Gasteiger partial charge in [0.05, 0.1) is 12.9 Å². The fraction of sp³-hybridized carbons (Fsp3) is 0.583. The smallest absolute Gasteiger partial charge is 0.280 e. The Labute approximate surface area is 130 Å². The second kappa shape index (κ2) is 5.20.